The Bertz CT molecular complexity index is 625. The molecule has 20 heavy (non-hydrogen) atoms. The summed E-state index contributed by atoms with van der Waals surface area (Å²) in [5, 5.41) is -0.728. The van der Waals surface area contributed by atoms with Crippen molar-refractivity contribution >= 4 is 17.4 Å². The van der Waals surface area contributed by atoms with Gasteiger partial charge in [0, 0.05) is 0 Å². The van der Waals surface area contributed by atoms with Crippen LogP contribution in [0.25, 0.3) is 0 Å². The molecule has 2 aromatic carbocycles. The van der Waals surface area contributed by atoms with Crippen LogP contribution in [0.2, 0.25) is 0 Å². The molecule has 0 N–H and O–H groups in total. The first-order chi connectivity index (χ1) is 9.77. The molecule has 102 valence electrons. The van der Waals surface area contributed by atoms with E-state index in [2.05, 4.69) is 0 Å². The molecule has 3 rings (SSSR count). The first-order valence-corrected chi connectivity index (χ1v) is 6.83. The molecule has 0 bridgehead atoms. The van der Waals surface area contributed by atoms with Crippen LogP contribution in [0.3, 0.4) is 0 Å². The van der Waals surface area contributed by atoms with E-state index in [1.54, 1.807) is 18.2 Å². The van der Waals surface area contributed by atoms with E-state index < -0.39 is 5.38 Å². The van der Waals surface area contributed by atoms with Crippen molar-refractivity contribution in [3.63, 3.8) is 0 Å². The van der Waals surface area contributed by atoms with Crippen LogP contribution in [-0.2, 0) is 0 Å². The van der Waals surface area contributed by atoms with Gasteiger partial charge in [-0.05, 0) is 17.7 Å². The number of halogens is 1. The Morgan fingerprint density at radius 2 is 1.75 bits per heavy atom. The molecule has 1 unspecified atom stereocenters. The number of Topliss-reactive ketones (excluding diaryl/α,β-unsaturated/α-hetero) is 1. The predicted molar refractivity (Wildman–Crippen MR) is 76.8 cm³/mol. The smallest absolute Gasteiger partial charge is 0.189 e. The van der Waals surface area contributed by atoms with Crippen molar-refractivity contribution in [1.82, 2.24) is 0 Å². The number of para-hydroxylation sites is 1. The van der Waals surface area contributed by atoms with Gasteiger partial charge < -0.3 is 9.47 Å². The van der Waals surface area contributed by atoms with Gasteiger partial charge in [0.05, 0.1) is 5.56 Å². The van der Waals surface area contributed by atoms with Crippen molar-refractivity contribution in [2.45, 2.75) is 5.38 Å². The number of fused-ring (bicyclic) bond motifs is 1. The Morgan fingerprint density at radius 3 is 2.55 bits per heavy atom. The highest BCUT2D eigenvalue weighted by Crippen LogP contribution is 2.37. The van der Waals surface area contributed by atoms with Crippen LogP contribution in [0, 0.1) is 0 Å². The number of carbonyl (C=O) groups excluding carboxylic acids is 1. The monoisotopic (exact) mass is 288 g/mol. The predicted octanol–water partition coefficient (Wildman–Crippen LogP) is 3.62. The van der Waals surface area contributed by atoms with Crippen LogP contribution in [0.4, 0.5) is 0 Å². The highest BCUT2D eigenvalue weighted by atomic mass is 35.5. The van der Waals surface area contributed by atoms with Gasteiger partial charge in [-0.15, -0.1) is 11.6 Å². The van der Waals surface area contributed by atoms with E-state index >= 15 is 0 Å². The molecule has 4 heteroatoms. The molecule has 0 saturated heterocycles. The van der Waals surface area contributed by atoms with E-state index in [9.17, 15) is 4.79 Å². The number of carbonyl (C=O) groups is 1. The van der Waals surface area contributed by atoms with Gasteiger partial charge >= 0.3 is 0 Å². The number of hydrogen-bond acceptors (Lipinski definition) is 3. The van der Waals surface area contributed by atoms with Crippen molar-refractivity contribution < 1.29 is 14.3 Å². The highest BCUT2D eigenvalue weighted by Gasteiger charge is 2.26. The fraction of sp³-hybridized carbons (Fsp3) is 0.188. The summed E-state index contributed by atoms with van der Waals surface area (Å²) < 4.78 is 11.0. The molecular formula is C16H13ClO3. The van der Waals surface area contributed by atoms with E-state index in [0.717, 1.165) is 5.56 Å². The lowest BCUT2D eigenvalue weighted by Crippen LogP contribution is -2.18. The van der Waals surface area contributed by atoms with Crippen LogP contribution < -0.4 is 9.47 Å². The fourth-order valence-electron chi connectivity index (χ4n) is 2.18. The Labute approximate surface area is 122 Å². The Hall–Kier alpha value is -2.00. The molecular weight excluding hydrogens is 276 g/mol. The third kappa shape index (κ3) is 2.37. The molecule has 3 nitrogen and oxygen atoms in total. The fourth-order valence-corrected chi connectivity index (χ4v) is 2.44. The van der Waals surface area contributed by atoms with E-state index in [0.29, 0.717) is 30.3 Å². The van der Waals surface area contributed by atoms with Gasteiger partial charge in [0.15, 0.2) is 17.3 Å². The molecule has 0 amide bonds. The minimum Gasteiger partial charge on any atom is -0.486 e. The zero-order valence-electron chi connectivity index (χ0n) is 10.7. The maximum absolute atomic E-state index is 12.5. The summed E-state index contributed by atoms with van der Waals surface area (Å²) >= 11 is 6.29. The minimum atomic E-state index is -0.728. The lowest BCUT2D eigenvalue weighted by Gasteiger charge is -2.21. The van der Waals surface area contributed by atoms with Gasteiger partial charge in [-0.3, -0.25) is 4.79 Å². The number of alkyl halides is 1. The van der Waals surface area contributed by atoms with Crippen molar-refractivity contribution in [3.05, 3.63) is 59.7 Å². The van der Waals surface area contributed by atoms with Crippen molar-refractivity contribution in [2.24, 2.45) is 0 Å². The first kappa shape index (κ1) is 13.0. The van der Waals surface area contributed by atoms with E-state index in [1.165, 1.54) is 0 Å². The third-order valence-corrected chi connectivity index (χ3v) is 3.60. The zero-order chi connectivity index (χ0) is 13.9. The Kier molecular flexibility index (Phi) is 3.61. The van der Waals surface area contributed by atoms with E-state index in [-0.39, 0.29) is 5.78 Å². The topological polar surface area (TPSA) is 35.5 Å². The average Bonchev–Trinajstić information content (AvgIpc) is 2.54. The lowest BCUT2D eigenvalue weighted by atomic mass is 10.0. The maximum atomic E-state index is 12.5. The molecule has 2 aromatic rings. The largest absolute Gasteiger partial charge is 0.486 e. The molecule has 0 spiro atoms. The molecule has 1 atom stereocenters. The van der Waals surface area contributed by atoms with E-state index in [4.69, 9.17) is 21.1 Å². The van der Waals surface area contributed by atoms with Gasteiger partial charge in [-0.1, -0.05) is 36.4 Å². The highest BCUT2D eigenvalue weighted by molar-refractivity contribution is 6.34. The molecule has 1 aliphatic heterocycles. The van der Waals surface area contributed by atoms with Crippen molar-refractivity contribution in [1.29, 1.82) is 0 Å². The Balaban J connectivity index is 1.95. The summed E-state index contributed by atoms with van der Waals surface area (Å²) in [6, 6.07) is 14.6. The van der Waals surface area contributed by atoms with Gasteiger partial charge in [0.2, 0.25) is 0 Å². The van der Waals surface area contributed by atoms with E-state index in [1.807, 2.05) is 30.3 Å². The number of rotatable bonds is 3. The summed E-state index contributed by atoms with van der Waals surface area (Å²) in [4.78, 5) is 12.5. The van der Waals surface area contributed by atoms with Gasteiger partial charge in [0.25, 0.3) is 0 Å². The number of ketones is 1. The average molecular weight is 289 g/mol. The number of ether oxygens (including phenoxy) is 2. The third-order valence-electron chi connectivity index (χ3n) is 3.15. The minimum absolute atomic E-state index is 0.180. The normalized spacial score (nSPS) is 14.7. The van der Waals surface area contributed by atoms with Gasteiger partial charge in [-0.25, -0.2) is 0 Å². The SMILES string of the molecule is O=C(c1cccc2c1OCCO2)C(Cl)c1ccccc1. The van der Waals surface area contributed by atoms with Crippen molar-refractivity contribution in [2.75, 3.05) is 13.2 Å². The summed E-state index contributed by atoms with van der Waals surface area (Å²) in [6.45, 7) is 0.934. The quantitative estimate of drug-likeness (QED) is 0.639. The first-order valence-electron chi connectivity index (χ1n) is 6.39. The van der Waals surface area contributed by atoms with Crippen LogP contribution >= 0.6 is 11.6 Å². The van der Waals surface area contributed by atoms with Crippen LogP contribution in [-0.4, -0.2) is 19.0 Å². The molecule has 0 fully saturated rings. The molecule has 0 aliphatic carbocycles. The summed E-state index contributed by atoms with van der Waals surface area (Å²) in [6.07, 6.45) is 0. The maximum Gasteiger partial charge on any atom is 0.189 e. The summed E-state index contributed by atoms with van der Waals surface area (Å²) in [5.41, 5.74) is 1.24. The second-order valence-corrected chi connectivity index (χ2v) is 4.90. The van der Waals surface area contributed by atoms with Crippen LogP contribution in [0.1, 0.15) is 21.3 Å². The second kappa shape index (κ2) is 5.55. The summed E-state index contributed by atoms with van der Waals surface area (Å²) in [5.74, 6) is 0.907. The van der Waals surface area contributed by atoms with Crippen LogP contribution in [0.5, 0.6) is 11.5 Å². The molecule has 0 radical (unpaired) electrons. The second-order valence-electron chi connectivity index (χ2n) is 4.47. The molecule has 1 aliphatic rings. The standard InChI is InChI=1S/C16H13ClO3/c17-14(11-5-2-1-3-6-11)15(18)12-7-4-8-13-16(12)20-10-9-19-13/h1-8,14H,9-10H2. The van der Waals surface area contributed by atoms with Gasteiger partial charge in [0.1, 0.15) is 18.6 Å². The number of hydrogen-bond donors (Lipinski definition) is 0. The summed E-state index contributed by atoms with van der Waals surface area (Å²) in [7, 11) is 0. The molecule has 0 aromatic heterocycles. The van der Waals surface area contributed by atoms with Crippen molar-refractivity contribution in [3.8, 4) is 11.5 Å². The molecule has 1 heterocycles. The molecule has 0 saturated carbocycles. The Morgan fingerprint density at radius 1 is 1.00 bits per heavy atom. The lowest BCUT2D eigenvalue weighted by molar-refractivity contribution is 0.0976. The van der Waals surface area contributed by atoms with Gasteiger partial charge in [-0.2, -0.15) is 0 Å². The van der Waals surface area contributed by atoms with Crippen LogP contribution in [0.15, 0.2) is 48.5 Å². The zero-order valence-corrected chi connectivity index (χ0v) is 11.5. The number of benzene rings is 2.